The fourth-order valence-electron chi connectivity index (χ4n) is 1.61. The van der Waals surface area contributed by atoms with Crippen molar-refractivity contribution in [2.75, 3.05) is 7.05 Å². The van der Waals surface area contributed by atoms with Gasteiger partial charge in [0.05, 0.1) is 6.04 Å². The maximum Gasteiger partial charge on any atom is 0.0582 e. The third-order valence-corrected chi connectivity index (χ3v) is 3.00. The lowest BCUT2D eigenvalue weighted by atomic mass is 10.0. The van der Waals surface area contributed by atoms with E-state index in [1.165, 1.54) is 11.1 Å². The molecule has 0 bridgehead atoms. The van der Waals surface area contributed by atoms with Gasteiger partial charge in [-0.05, 0) is 35.0 Å². The van der Waals surface area contributed by atoms with Crippen molar-refractivity contribution in [1.29, 1.82) is 0 Å². The normalized spacial score (nSPS) is 12.6. The Labute approximate surface area is 88.4 Å². The topological polar surface area (TPSA) is 12.0 Å². The largest absolute Gasteiger partial charge is 0.309 e. The van der Waals surface area contributed by atoms with E-state index in [4.69, 9.17) is 0 Å². The minimum Gasteiger partial charge on any atom is -0.309 e. The summed E-state index contributed by atoms with van der Waals surface area (Å²) in [5, 5.41) is 7.63. The van der Waals surface area contributed by atoms with E-state index in [2.05, 4.69) is 46.4 Å². The number of thiophene rings is 1. The van der Waals surface area contributed by atoms with Crippen LogP contribution in [0.15, 0.2) is 47.2 Å². The summed E-state index contributed by atoms with van der Waals surface area (Å²) in [5.41, 5.74) is 2.65. The molecule has 0 radical (unpaired) electrons. The summed E-state index contributed by atoms with van der Waals surface area (Å²) >= 11 is 1.74. The van der Waals surface area contributed by atoms with Crippen LogP contribution in [0, 0.1) is 0 Å². The lowest BCUT2D eigenvalue weighted by molar-refractivity contribution is 0.694. The molecular formula is C12H13NS. The summed E-state index contributed by atoms with van der Waals surface area (Å²) in [7, 11) is 2.00. The van der Waals surface area contributed by atoms with E-state index < -0.39 is 0 Å². The SMILES string of the molecule is CNC(c1ccccc1)c1ccsc1. The molecule has 14 heavy (non-hydrogen) atoms. The van der Waals surface area contributed by atoms with Gasteiger partial charge in [0.25, 0.3) is 0 Å². The first-order valence-electron chi connectivity index (χ1n) is 4.66. The summed E-state index contributed by atoms with van der Waals surface area (Å²) in [6, 6.07) is 13.0. The Morgan fingerprint density at radius 1 is 1.07 bits per heavy atom. The van der Waals surface area contributed by atoms with Crippen LogP contribution >= 0.6 is 11.3 Å². The first-order chi connectivity index (χ1) is 6.92. The predicted molar refractivity (Wildman–Crippen MR) is 61.7 cm³/mol. The highest BCUT2D eigenvalue weighted by Gasteiger charge is 2.10. The molecule has 2 rings (SSSR count). The van der Waals surface area contributed by atoms with Gasteiger partial charge < -0.3 is 5.32 Å². The van der Waals surface area contributed by atoms with Crippen LogP contribution in [0.1, 0.15) is 17.2 Å². The molecule has 1 nitrogen and oxygen atoms in total. The molecule has 0 saturated heterocycles. The highest BCUT2D eigenvalue weighted by Crippen LogP contribution is 2.23. The average molecular weight is 203 g/mol. The summed E-state index contributed by atoms with van der Waals surface area (Å²) in [6.07, 6.45) is 0. The number of hydrogen-bond acceptors (Lipinski definition) is 2. The maximum atomic E-state index is 3.33. The Bertz CT molecular complexity index is 366. The Kier molecular flexibility index (Phi) is 2.96. The molecule has 2 heteroatoms. The summed E-state index contributed by atoms with van der Waals surface area (Å²) in [5.74, 6) is 0. The first-order valence-corrected chi connectivity index (χ1v) is 5.60. The molecule has 0 saturated carbocycles. The van der Waals surface area contributed by atoms with Crippen LogP contribution in [0.2, 0.25) is 0 Å². The van der Waals surface area contributed by atoms with E-state index in [1.54, 1.807) is 11.3 Å². The molecule has 0 spiro atoms. The fourth-order valence-corrected chi connectivity index (χ4v) is 2.30. The summed E-state index contributed by atoms with van der Waals surface area (Å²) in [4.78, 5) is 0. The van der Waals surface area contributed by atoms with Crippen molar-refractivity contribution < 1.29 is 0 Å². The standard InChI is InChI=1S/C12H13NS/c1-13-12(11-7-8-14-9-11)10-5-3-2-4-6-10/h2-9,12-13H,1H3. The van der Waals surface area contributed by atoms with Gasteiger partial charge in [0.2, 0.25) is 0 Å². The van der Waals surface area contributed by atoms with Gasteiger partial charge in [-0.15, -0.1) is 0 Å². The van der Waals surface area contributed by atoms with Crippen LogP contribution in [-0.2, 0) is 0 Å². The van der Waals surface area contributed by atoms with Gasteiger partial charge >= 0.3 is 0 Å². The van der Waals surface area contributed by atoms with Crippen molar-refractivity contribution in [3.63, 3.8) is 0 Å². The van der Waals surface area contributed by atoms with Gasteiger partial charge in [0, 0.05) is 0 Å². The third-order valence-electron chi connectivity index (χ3n) is 2.30. The lowest BCUT2D eigenvalue weighted by Crippen LogP contribution is -2.16. The summed E-state index contributed by atoms with van der Waals surface area (Å²) in [6.45, 7) is 0. The minimum atomic E-state index is 0.322. The van der Waals surface area contributed by atoms with Gasteiger partial charge in [0.15, 0.2) is 0 Å². The number of hydrogen-bond donors (Lipinski definition) is 1. The Morgan fingerprint density at radius 2 is 1.86 bits per heavy atom. The molecule has 1 aromatic carbocycles. The minimum absolute atomic E-state index is 0.322. The first kappa shape index (κ1) is 9.44. The zero-order chi connectivity index (χ0) is 9.80. The van der Waals surface area contributed by atoms with Gasteiger partial charge in [0.1, 0.15) is 0 Å². The van der Waals surface area contributed by atoms with Crippen LogP contribution in [0.5, 0.6) is 0 Å². The van der Waals surface area contributed by atoms with Crippen LogP contribution in [0.25, 0.3) is 0 Å². The van der Waals surface area contributed by atoms with Crippen LogP contribution in [-0.4, -0.2) is 7.05 Å². The molecule has 0 aliphatic carbocycles. The van der Waals surface area contributed by atoms with Crippen LogP contribution < -0.4 is 5.32 Å². The van der Waals surface area contributed by atoms with E-state index >= 15 is 0 Å². The van der Waals surface area contributed by atoms with Crippen molar-refractivity contribution in [2.45, 2.75) is 6.04 Å². The van der Waals surface area contributed by atoms with Crippen molar-refractivity contribution in [2.24, 2.45) is 0 Å². The Hall–Kier alpha value is -1.12. The Morgan fingerprint density at radius 3 is 2.43 bits per heavy atom. The van der Waals surface area contributed by atoms with Crippen LogP contribution in [0.4, 0.5) is 0 Å². The molecule has 0 aliphatic rings. The van der Waals surface area contributed by atoms with E-state index in [-0.39, 0.29) is 0 Å². The number of nitrogens with one attached hydrogen (secondary N) is 1. The second-order valence-corrected chi connectivity index (χ2v) is 3.97. The molecule has 1 aromatic heterocycles. The quantitative estimate of drug-likeness (QED) is 0.808. The molecular weight excluding hydrogens is 190 g/mol. The van der Waals surface area contributed by atoms with Gasteiger partial charge in [-0.2, -0.15) is 11.3 Å². The van der Waals surface area contributed by atoms with Crippen molar-refractivity contribution in [1.82, 2.24) is 5.32 Å². The molecule has 0 fully saturated rings. The average Bonchev–Trinajstić information content (AvgIpc) is 2.74. The molecule has 0 amide bonds. The van der Waals surface area contributed by atoms with Gasteiger partial charge in [-0.1, -0.05) is 30.3 Å². The highest BCUT2D eigenvalue weighted by atomic mass is 32.1. The maximum absolute atomic E-state index is 3.33. The molecule has 0 aliphatic heterocycles. The van der Waals surface area contributed by atoms with Crippen LogP contribution in [0.3, 0.4) is 0 Å². The lowest BCUT2D eigenvalue weighted by Gasteiger charge is -2.14. The van der Waals surface area contributed by atoms with E-state index in [0.717, 1.165) is 0 Å². The molecule has 1 N–H and O–H groups in total. The smallest absolute Gasteiger partial charge is 0.0582 e. The predicted octanol–water partition coefficient (Wildman–Crippen LogP) is 3.06. The second kappa shape index (κ2) is 4.40. The van der Waals surface area contributed by atoms with Gasteiger partial charge in [-0.25, -0.2) is 0 Å². The molecule has 2 aromatic rings. The fraction of sp³-hybridized carbons (Fsp3) is 0.167. The third kappa shape index (κ3) is 1.86. The zero-order valence-electron chi connectivity index (χ0n) is 8.10. The molecule has 1 unspecified atom stereocenters. The molecule has 1 heterocycles. The molecule has 72 valence electrons. The monoisotopic (exact) mass is 203 g/mol. The Balaban J connectivity index is 2.31. The van der Waals surface area contributed by atoms with E-state index in [0.29, 0.717) is 6.04 Å². The van der Waals surface area contributed by atoms with E-state index in [1.807, 2.05) is 13.1 Å². The zero-order valence-corrected chi connectivity index (χ0v) is 8.92. The van der Waals surface area contributed by atoms with Gasteiger partial charge in [-0.3, -0.25) is 0 Å². The van der Waals surface area contributed by atoms with Crippen molar-refractivity contribution >= 4 is 11.3 Å². The number of rotatable bonds is 3. The summed E-state index contributed by atoms with van der Waals surface area (Å²) < 4.78 is 0. The molecule has 1 atom stereocenters. The second-order valence-electron chi connectivity index (χ2n) is 3.19. The van der Waals surface area contributed by atoms with Crippen molar-refractivity contribution in [3.05, 3.63) is 58.3 Å². The highest BCUT2D eigenvalue weighted by molar-refractivity contribution is 7.08. The number of benzene rings is 1. The van der Waals surface area contributed by atoms with E-state index in [9.17, 15) is 0 Å². The van der Waals surface area contributed by atoms with Crippen molar-refractivity contribution in [3.8, 4) is 0 Å².